The molecule has 0 aliphatic carbocycles. The van der Waals surface area contributed by atoms with Gasteiger partial charge in [-0.25, -0.2) is 0 Å². The van der Waals surface area contributed by atoms with Gasteiger partial charge >= 0.3 is 5.97 Å². The fourth-order valence-corrected chi connectivity index (χ4v) is 1.61. The van der Waals surface area contributed by atoms with Crippen LogP contribution in [0.25, 0.3) is 0 Å². The first-order valence-corrected chi connectivity index (χ1v) is 4.84. The molecular formula is C9H16N2O3. The van der Waals surface area contributed by atoms with Crippen LogP contribution in [0, 0.1) is 5.92 Å². The summed E-state index contributed by atoms with van der Waals surface area (Å²) < 4.78 is 4.89. The number of esters is 1. The number of hydrogen-bond donors (Lipinski definition) is 2. The van der Waals surface area contributed by atoms with Crippen molar-refractivity contribution in [1.82, 2.24) is 5.32 Å². The van der Waals surface area contributed by atoms with Gasteiger partial charge in [0.05, 0.1) is 18.6 Å². The van der Waals surface area contributed by atoms with E-state index in [0.717, 1.165) is 0 Å². The SMILES string of the molecule is CCOC(=O)[C@@H]1CCN[C@H](C(N)=O)C1. The molecule has 0 aromatic rings. The van der Waals surface area contributed by atoms with Crippen LogP contribution in [-0.2, 0) is 14.3 Å². The number of hydrogen-bond acceptors (Lipinski definition) is 4. The number of piperidine rings is 1. The fraction of sp³-hybridized carbons (Fsp3) is 0.778. The van der Waals surface area contributed by atoms with E-state index in [1.165, 1.54) is 0 Å². The summed E-state index contributed by atoms with van der Waals surface area (Å²) in [6, 6.07) is -0.391. The van der Waals surface area contributed by atoms with Crippen LogP contribution in [-0.4, -0.2) is 31.1 Å². The zero-order valence-electron chi connectivity index (χ0n) is 8.29. The second-order valence-corrected chi connectivity index (χ2v) is 3.38. The number of ether oxygens (including phenoxy) is 1. The van der Waals surface area contributed by atoms with Crippen molar-refractivity contribution in [3.05, 3.63) is 0 Å². The number of rotatable bonds is 3. The smallest absolute Gasteiger partial charge is 0.309 e. The third kappa shape index (κ3) is 2.70. The lowest BCUT2D eigenvalue weighted by Gasteiger charge is -2.26. The summed E-state index contributed by atoms with van der Waals surface area (Å²) in [6.07, 6.45) is 1.16. The predicted octanol–water partition coefficient (Wildman–Crippen LogP) is -0.597. The molecule has 1 aliphatic rings. The average molecular weight is 200 g/mol. The maximum atomic E-state index is 11.4. The van der Waals surface area contributed by atoms with Gasteiger partial charge in [0.2, 0.25) is 5.91 Å². The van der Waals surface area contributed by atoms with Crippen LogP contribution >= 0.6 is 0 Å². The van der Waals surface area contributed by atoms with Crippen LogP contribution < -0.4 is 11.1 Å². The Morgan fingerprint density at radius 3 is 2.86 bits per heavy atom. The van der Waals surface area contributed by atoms with E-state index < -0.39 is 11.9 Å². The van der Waals surface area contributed by atoms with E-state index in [0.29, 0.717) is 26.0 Å². The summed E-state index contributed by atoms with van der Waals surface area (Å²) in [5.74, 6) is -0.812. The molecule has 0 saturated carbocycles. The van der Waals surface area contributed by atoms with Crippen LogP contribution in [0.15, 0.2) is 0 Å². The van der Waals surface area contributed by atoms with E-state index in [9.17, 15) is 9.59 Å². The molecule has 1 saturated heterocycles. The largest absolute Gasteiger partial charge is 0.466 e. The molecule has 1 aliphatic heterocycles. The number of carbonyl (C=O) groups is 2. The minimum Gasteiger partial charge on any atom is -0.466 e. The van der Waals surface area contributed by atoms with Crippen molar-refractivity contribution < 1.29 is 14.3 Å². The van der Waals surface area contributed by atoms with Crippen molar-refractivity contribution in [2.75, 3.05) is 13.2 Å². The van der Waals surface area contributed by atoms with Crippen molar-refractivity contribution in [3.63, 3.8) is 0 Å². The molecule has 0 unspecified atom stereocenters. The van der Waals surface area contributed by atoms with E-state index in [4.69, 9.17) is 10.5 Å². The summed E-state index contributed by atoms with van der Waals surface area (Å²) in [5, 5.41) is 2.96. The molecule has 0 spiro atoms. The van der Waals surface area contributed by atoms with Crippen molar-refractivity contribution in [1.29, 1.82) is 0 Å². The van der Waals surface area contributed by atoms with Gasteiger partial charge in [-0.2, -0.15) is 0 Å². The molecule has 3 N–H and O–H groups in total. The second kappa shape index (κ2) is 4.95. The van der Waals surface area contributed by atoms with Crippen molar-refractivity contribution >= 4 is 11.9 Å². The first kappa shape index (κ1) is 11.0. The second-order valence-electron chi connectivity index (χ2n) is 3.38. The normalized spacial score (nSPS) is 26.9. The predicted molar refractivity (Wildman–Crippen MR) is 50.3 cm³/mol. The zero-order valence-corrected chi connectivity index (χ0v) is 8.29. The summed E-state index contributed by atoms with van der Waals surface area (Å²) in [6.45, 7) is 2.78. The lowest BCUT2D eigenvalue weighted by atomic mass is 9.92. The molecule has 1 heterocycles. The first-order chi connectivity index (χ1) is 6.65. The lowest BCUT2D eigenvalue weighted by Crippen LogP contribution is -2.48. The van der Waals surface area contributed by atoms with Crippen molar-refractivity contribution in [3.8, 4) is 0 Å². The molecule has 5 nitrogen and oxygen atoms in total. The molecule has 0 bridgehead atoms. The molecule has 2 atom stereocenters. The molecule has 5 heteroatoms. The quantitative estimate of drug-likeness (QED) is 0.596. The number of nitrogens with one attached hydrogen (secondary N) is 1. The van der Waals surface area contributed by atoms with Crippen LogP contribution in [0.1, 0.15) is 19.8 Å². The van der Waals surface area contributed by atoms with Gasteiger partial charge in [0, 0.05) is 0 Å². The number of carbonyl (C=O) groups excluding carboxylic acids is 2. The minimum atomic E-state index is -0.404. The van der Waals surface area contributed by atoms with Crippen LogP contribution in [0.3, 0.4) is 0 Å². The monoisotopic (exact) mass is 200 g/mol. The number of nitrogens with two attached hydrogens (primary N) is 1. The number of primary amides is 1. The van der Waals surface area contributed by atoms with Gasteiger partial charge in [-0.05, 0) is 26.3 Å². The summed E-state index contributed by atoms with van der Waals surface area (Å²) >= 11 is 0. The van der Waals surface area contributed by atoms with Crippen LogP contribution in [0.5, 0.6) is 0 Å². The summed E-state index contributed by atoms with van der Waals surface area (Å²) in [5.41, 5.74) is 5.15. The van der Waals surface area contributed by atoms with Gasteiger partial charge in [0.1, 0.15) is 0 Å². The highest BCUT2D eigenvalue weighted by atomic mass is 16.5. The zero-order chi connectivity index (χ0) is 10.6. The van der Waals surface area contributed by atoms with Crippen molar-refractivity contribution in [2.24, 2.45) is 11.7 Å². The van der Waals surface area contributed by atoms with Gasteiger partial charge in [0.15, 0.2) is 0 Å². The Balaban J connectivity index is 2.47. The van der Waals surface area contributed by atoms with Crippen LogP contribution in [0.4, 0.5) is 0 Å². The molecule has 0 radical (unpaired) electrons. The highest BCUT2D eigenvalue weighted by Crippen LogP contribution is 2.17. The Bertz CT molecular complexity index is 230. The molecule has 0 aromatic heterocycles. The Hall–Kier alpha value is -1.10. The van der Waals surface area contributed by atoms with E-state index >= 15 is 0 Å². The third-order valence-corrected chi connectivity index (χ3v) is 2.37. The molecule has 1 fully saturated rings. The topological polar surface area (TPSA) is 81.4 Å². The van der Waals surface area contributed by atoms with Gasteiger partial charge in [-0.3, -0.25) is 9.59 Å². The Morgan fingerprint density at radius 2 is 2.29 bits per heavy atom. The highest BCUT2D eigenvalue weighted by Gasteiger charge is 2.30. The molecule has 14 heavy (non-hydrogen) atoms. The molecule has 1 rings (SSSR count). The van der Waals surface area contributed by atoms with E-state index in [1.807, 2.05) is 0 Å². The minimum absolute atomic E-state index is 0.186. The first-order valence-electron chi connectivity index (χ1n) is 4.84. The maximum Gasteiger partial charge on any atom is 0.309 e. The van der Waals surface area contributed by atoms with Gasteiger partial charge in [-0.15, -0.1) is 0 Å². The van der Waals surface area contributed by atoms with E-state index in [2.05, 4.69) is 5.32 Å². The van der Waals surface area contributed by atoms with Gasteiger partial charge in [-0.1, -0.05) is 0 Å². The fourth-order valence-electron chi connectivity index (χ4n) is 1.61. The third-order valence-electron chi connectivity index (χ3n) is 2.37. The average Bonchev–Trinajstić information content (AvgIpc) is 2.18. The molecule has 1 amide bonds. The van der Waals surface area contributed by atoms with Gasteiger partial charge in [0.25, 0.3) is 0 Å². The van der Waals surface area contributed by atoms with E-state index in [1.54, 1.807) is 6.92 Å². The Kier molecular flexibility index (Phi) is 3.88. The van der Waals surface area contributed by atoms with E-state index in [-0.39, 0.29) is 11.9 Å². The van der Waals surface area contributed by atoms with Crippen LogP contribution in [0.2, 0.25) is 0 Å². The molecule has 80 valence electrons. The lowest BCUT2D eigenvalue weighted by molar-refractivity contribution is -0.149. The standard InChI is InChI=1S/C9H16N2O3/c1-2-14-9(13)6-3-4-11-7(5-6)8(10)12/h6-7,11H,2-5H2,1H3,(H2,10,12)/t6-,7+/m1/s1. The summed E-state index contributed by atoms with van der Waals surface area (Å²) in [7, 11) is 0. The number of amides is 1. The molecule has 0 aromatic carbocycles. The summed E-state index contributed by atoms with van der Waals surface area (Å²) in [4.78, 5) is 22.3. The molecular weight excluding hydrogens is 184 g/mol. The maximum absolute atomic E-state index is 11.4. The highest BCUT2D eigenvalue weighted by molar-refractivity contribution is 5.81. The Morgan fingerprint density at radius 1 is 1.57 bits per heavy atom. The Labute approximate surface area is 83.0 Å². The van der Waals surface area contributed by atoms with Gasteiger partial charge < -0.3 is 15.8 Å². The van der Waals surface area contributed by atoms with Crippen molar-refractivity contribution in [2.45, 2.75) is 25.8 Å².